The molecule has 2 N–H and O–H groups in total. The number of carbonyl (C=O) groups is 1. The summed E-state index contributed by atoms with van der Waals surface area (Å²) in [6.45, 7) is 5.61. The topological polar surface area (TPSA) is 132 Å². The average molecular weight is 487 g/mol. The van der Waals surface area contributed by atoms with Crippen LogP contribution in [0.5, 0.6) is 0 Å². The van der Waals surface area contributed by atoms with Gasteiger partial charge in [0.2, 0.25) is 5.91 Å². The highest BCUT2D eigenvalue weighted by atomic mass is 32.2. The number of thioether (sulfide) groups is 1. The van der Waals surface area contributed by atoms with Crippen molar-refractivity contribution in [3.63, 3.8) is 0 Å². The Balaban J connectivity index is 1.50. The monoisotopic (exact) mass is 486 g/mol. The molecule has 4 rings (SSSR count). The molecule has 1 amide bonds. The number of aryl methyl sites for hydroxylation is 3. The standard InChI is InChI=1S/C21H22N6O4S2/c1-9-10(2)33-19-15(9)18(29)24-14(25-19)8-32-11(3)17(28)23-12-6-13-16(22-7-12)26(4)21(31)27(5)20(13)30/h6-7,11H,8H2,1-5H3,(H,23,28)(H,24,25,29). The summed E-state index contributed by atoms with van der Waals surface area (Å²) in [6, 6.07) is 1.51. The number of carbonyl (C=O) groups excluding carboxylic acids is 1. The summed E-state index contributed by atoms with van der Waals surface area (Å²) in [5, 5.41) is 3.14. The SMILES string of the molecule is Cc1sc2nc(CSC(C)C(=O)Nc3cnc4c(c3)c(=O)n(C)c(=O)n4C)[nH]c(=O)c2c1C. The van der Waals surface area contributed by atoms with Gasteiger partial charge in [-0.15, -0.1) is 23.1 Å². The van der Waals surface area contributed by atoms with Gasteiger partial charge in [-0.05, 0) is 32.4 Å². The van der Waals surface area contributed by atoms with Gasteiger partial charge in [-0.1, -0.05) is 0 Å². The molecule has 4 aromatic heterocycles. The lowest BCUT2D eigenvalue weighted by atomic mass is 10.2. The number of thiophene rings is 1. The highest BCUT2D eigenvalue weighted by molar-refractivity contribution is 7.99. The minimum Gasteiger partial charge on any atom is -0.324 e. The van der Waals surface area contributed by atoms with Crippen LogP contribution < -0.4 is 22.1 Å². The second-order valence-electron chi connectivity index (χ2n) is 7.72. The maximum atomic E-state index is 12.7. The van der Waals surface area contributed by atoms with Crippen LogP contribution >= 0.6 is 23.1 Å². The summed E-state index contributed by atoms with van der Waals surface area (Å²) in [4.78, 5) is 62.8. The van der Waals surface area contributed by atoms with E-state index < -0.39 is 16.5 Å². The van der Waals surface area contributed by atoms with E-state index in [-0.39, 0.29) is 22.5 Å². The third-order valence-electron chi connectivity index (χ3n) is 5.49. The number of pyridine rings is 1. The first-order valence-electron chi connectivity index (χ1n) is 10.1. The predicted octanol–water partition coefficient (Wildman–Crippen LogP) is 1.81. The van der Waals surface area contributed by atoms with Crippen LogP contribution in [0.4, 0.5) is 5.69 Å². The number of amides is 1. The van der Waals surface area contributed by atoms with Crippen molar-refractivity contribution in [2.45, 2.75) is 31.8 Å². The quantitative estimate of drug-likeness (QED) is 0.440. The van der Waals surface area contributed by atoms with Crippen LogP contribution in [0.1, 0.15) is 23.2 Å². The highest BCUT2D eigenvalue weighted by Crippen LogP contribution is 2.26. The molecule has 0 saturated heterocycles. The molecular formula is C21H22N6O4S2. The van der Waals surface area contributed by atoms with Crippen molar-refractivity contribution in [1.29, 1.82) is 0 Å². The van der Waals surface area contributed by atoms with Crippen LogP contribution in [0.2, 0.25) is 0 Å². The van der Waals surface area contributed by atoms with E-state index in [0.717, 1.165) is 15.0 Å². The second-order valence-corrected chi connectivity index (χ2v) is 10.3. The van der Waals surface area contributed by atoms with E-state index >= 15 is 0 Å². The number of aromatic nitrogens is 5. The largest absolute Gasteiger partial charge is 0.332 e. The Kier molecular flexibility index (Phi) is 5.97. The lowest BCUT2D eigenvalue weighted by molar-refractivity contribution is -0.115. The normalized spacial score (nSPS) is 12.4. The first kappa shape index (κ1) is 22.9. The first-order chi connectivity index (χ1) is 15.6. The van der Waals surface area contributed by atoms with Crippen molar-refractivity contribution in [1.82, 2.24) is 24.1 Å². The summed E-state index contributed by atoms with van der Waals surface area (Å²) >= 11 is 2.81. The Hall–Kier alpha value is -3.25. The van der Waals surface area contributed by atoms with E-state index in [1.54, 1.807) is 6.92 Å². The highest BCUT2D eigenvalue weighted by Gasteiger charge is 2.17. The van der Waals surface area contributed by atoms with Gasteiger partial charge in [-0.2, -0.15) is 0 Å². The van der Waals surface area contributed by atoms with Crippen LogP contribution in [0.25, 0.3) is 21.3 Å². The lowest BCUT2D eigenvalue weighted by Gasteiger charge is -2.13. The Morgan fingerprint density at radius 1 is 1.24 bits per heavy atom. The van der Waals surface area contributed by atoms with E-state index in [9.17, 15) is 19.2 Å². The van der Waals surface area contributed by atoms with E-state index in [0.29, 0.717) is 27.5 Å². The number of hydrogen-bond donors (Lipinski definition) is 2. The average Bonchev–Trinajstić information content (AvgIpc) is 3.08. The van der Waals surface area contributed by atoms with Gasteiger partial charge in [0.25, 0.3) is 11.1 Å². The molecule has 1 unspecified atom stereocenters. The van der Waals surface area contributed by atoms with Gasteiger partial charge in [0, 0.05) is 19.0 Å². The predicted molar refractivity (Wildman–Crippen MR) is 131 cm³/mol. The van der Waals surface area contributed by atoms with Crippen molar-refractivity contribution in [3.05, 3.63) is 59.7 Å². The molecule has 33 heavy (non-hydrogen) atoms. The fourth-order valence-corrected chi connectivity index (χ4v) is 5.23. The fourth-order valence-electron chi connectivity index (χ4n) is 3.42. The molecule has 0 aliphatic rings. The molecule has 0 radical (unpaired) electrons. The van der Waals surface area contributed by atoms with Crippen LogP contribution in [-0.4, -0.2) is 35.2 Å². The number of nitrogens with zero attached hydrogens (tertiary/aromatic N) is 4. The first-order valence-corrected chi connectivity index (χ1v) is 11.9. The van der Waals surface area contributed by atoms with Crippen LogP contribution in [0.15, 0.2) is 26.6 Å². The Bertz CT molecular complexity index is 1600. The molecule has 0 fully saturated rings. The molecule has 0 aliphatic heterocycles. The number of fused-ring (bicyclic) bond motifs is 2. The summed E-state index contributed by atoms with van der Waals surface area (Å²) in [5.41, 5.74) is 0.409. The van der Waals surface area contributed by atoms with Gasteiger partial charge in [0.15, 0.2) is 0 Å². The van der Waals surface area contributed by atoms with E-state index in [1.165, 1.54) is 54.0 Å². The van der Waals surface area contributed by atoms with Crippen molar-refractivity contribution >= 4 is 55.9 Å². The smallest absolute Gasteiger partial charge is 0.324 e. The Morgan fingerprint density at radius 2 is 1.97 bits per heavy atom. The fraction of sp³-hybridized carbons (Fsp3) is 0.333. The van der Waals surface area contributed by atoms with Crippen molar-refractivity contribution in [2.24, 2.45) is 14.1 Å². The van der Waals surface area contributed by atoms with Crippen LogP contribution in [0.3, 0.4) is 0 Å². The zero-order valence-corrected chi connectivity index (χ0v) is 20.3. The molecule has 12 heteroatoms. The van der Waals surface area contributed by atoms with Gasteiger partial charge in [-0.25, -0.2) is 14.8 Å². The zero-order valence-electron chi connectivity index (χ0n) is 18.7. The molecule has 0 bridgehead atoms. The Labute approximate surface area is 195 Å². The summed E-state index contributed by atoms with van der Waals surface area (Å²) in [7, 11) is 2.92. The van der Waals surface area contributed by atoms with E-state index in [2.05, 4.69) is 20.3 Å². The summed E-state index contributed by atoms with van der Waals surface area (Å²) in [5.74, 6) is 0.582. The van der Waals surface area contributed by atoms with Crippen molar-refractivity contribution in [3.8, 4) is 0 Å². The van der Waals surface area contributed by atoms with Crippen molar-refractivity contribution in [2.75, 3.05) is 5.32 Å². The maximum absolute atomic E-state index is 12.7. The second kappa shape index (κ2) is 8.60. The van der Waals surface area contributed by atoms with Crippen LogP contribution in [-0.2, 0) is 24.6 Å². The third-order valence-corrected chi connectivity index (χ3v) is 7.74. The summed E-state index contributed by atoms with van der Waals surface area (Å²) in [6.07, 6.45) is 1.41. The molecule has 0 aliphatic carbocycles. The molecule has 172 valence electrons. The molecule has 10 nitrogen and oxygen atoms in total. The van der Waals surface area contributed by atoms with E-state index in [1.807, 2.05) is 13.8 Å². The molecular weight excluding hydrogens is 464 g/mol. The van der Waals surface area contributed by atoms with Crippen LogP contribution in [0, 0.1) is 13.8 Å². The Morgan fingerprint density at radius 3 is 2.70 bits per heavy atom. The van der Waals surface area contributed by atoms with Gasteiger partial charge >= 0.3 is 5.69 Å². The number of anilines is 1. The molecule has 1 atom stereocenters. The number of H-pyrrole nitrogens is 1. The number of hydrogen-bond acceptors (Lipinski definition) is 8. The lowest BCUT2D eigenvalue weighted by Crippen LogP contribution is -2.37. The summed E-state index contributed by atoms with van der Waals surface area (Å²) < 4.78 is 2.28. The molecule has 4 aromatic rings. The number of nitrogens with one attached hydrogen (secondary N) is 2. The minimum atomic E-state index is -0.483. The minimum absolute atomic E-state index is 0.173. The van der Waals surface area contributed by atoms with Crippen molar-refractivity contribution < 1.29 is 4.79 Å². The molecule has 0 saturated carbocycles. The number of aromatic amines is 1. The van der Waals surface area contributed by atoms with Gasteiger partial charge < -0.3 is 10.3 Å². The van der Waals surface area contributed by atoms with Gasteiger partial charge in [0.05, 0.1) is 33.7 Å². The zero-order chi connectivity index (χ0) is 24.0. The van der Waals surface area contributed by atoms with Gasteiger partial charge in [0.1, 0.15) is 16.3 Å². The molecule has 0 aromatic carbocycles. The maximum Gasteiger partial charge on any atom is 0.332 e. The van der Waals surface area contributed by atoms with Gasteiger partial charge in [-0.3, -0.25) is 23.5 Å². The molecule has 0 spiro atoms. The molecule has 4 heterocycles. The third kappa shape index (κ3) is 4.11. The van der Waals surface area contributed by atoms with E-state index in [4.69, 9.17) is 0 Å². The number of rotatable bonds is 5.